The summed E-state index contributed by atoms with van der Waals surface area (Å²) in [7, 11) is 0. The highest BCUT2D eigenvalue weighted by molar-refractivity contribution is 5.67. The first kappa shape index (κ1) is 17.2. The predicted octanol–water partition coefficient (Wildman–Crippen LogP) is 0.313. The Morgan fingerprint density at radius 1 is 1.13 bits per heavy atom. The molecule has 2 aliphatic rings. The molecule has 0 aromatic carbocycles. The van der Waals surface area contributed by atoms with Gasteiger partial charge in [0.25, 0.3) is 0 Å². The summed E-state index contributed by atoms with van der Waals surface area (Å²) in [5.74, 6) is -1.18. The van der Waals surface area contributed by atoms with E-state index >= 15 is 0 Å². The normalized spacial score (nSPS) is 31.8. The molecule has 0 radical (unpaired) electrons. The first-order valence-electron chi connectivity index (χ1n) is 6.98. The first-order chi connectivity index (χ1) is 10.9. The molecule has 0 aromatic rings. The molecule has 0 amide bonds. The van der Waals surface area contributed by atoms with Crippen LogP contribution in [0.2, 0.25) is 0 Å². The Bertz CT molecular complexity index is 489. The molecule has 0 unspecified atom stereocenters. The van der Waals surface area contributed by atoms with E-state index in [9.17, 15) is 14.4 Å². The maximum Gasteiger partial charge on any atom is 0.509 e. The fraction of sp³-hybridized carbons (Fsp3) is 0.643. The Morgan fingerprint density at radius 2 is 1.83 bits per heavy atom. The molecule has 2 fully saturated rings. The highest BCUT2D eigenvalue weighted by Gasteiger charge is 2.57. The number of carbonyl (C=O) groups excluding carboxylic acids is 3. The van der Waals surface area contributed by atoms with Gasteiger partial charge in [-0.3, -0.25) is 9.59 Å². The fourth-order valence-corrected chi connectivity index (χ4v) is 2.40. The number of rotatable bonds is 5. The molecule has 0 saturated carbocycles. The topological polar surface area (TPSA) is 107 Å². The van der Waals surface area contributed by atoms with Crippen molar-refractivity contribution in [3.63, 3.8) is 0 Å². The van der Waals surface area contributed by atoms with E-state index < -0.39 is 48.8 Å². The third-order valence-corrected chi connectivity index (χ3v) is 3.18. The Balaban J connectivity index is 2.02. The van der Waals surface area contributed by atoms with Gasteiger partial charge in [-0.15, -0.1) is 0 Å². The smallest absolute Gasteiger partial charge is 0.453 e. The molecule has 5 atom stereocenters. The van der Waals surface area contributed by atoms with E-state index in [1.54, 1.807) is 0 Å². The van der Waals surface area contributed by atoms with Crippen LogP contribution in [0.15, 0.2) is 12.7 Å². The molecule has 2 rings (SSSR count). The number of esters is 2. The van der Waals surface area contributed by atoms with Crippen LogP contribution in [0.4, 0.5) is 4.79 Å². The Kier molecular flexibility index (Phi) is 5.56. The van der Waals surface area contributed by atoms with E-state index in [0.29, 0.717) is 0 Å². The van der Waals surface area contributed by atoms with Crippen molar-refractivity contribution in [1.29, 1.82) is 0 Å². The molecule has 9 nitrogen and oxygen atoms in total. The maximum atomic E-state index is 11.5. The lowest BCUT2D eigenvalue weighted by Crippen LogP contribution is -2.38. The van der Waals surface area contributed by atoms with Crippen LogP contribution in [-0.4, -0.2) is 62.0 Å². The zero-order valence-electron chi connectivity index (χ0n) is 12.8. The third kappa shape index (κ3) is 4.20. The average Bonchev–Trinajstić information content (AvgIpc) is 2.98. The first-order valence-corrected chi connectivity index (χ1v) is 6.98. The summed E-state index contributed by atoms with van der Waals surface area (Å²) in [6, 6.07) is 0. The second-order valence-electron chi connectivity index (χ2n) is 4.96. The summed E-state index contributed by atoms with van der Waals surface area (Å²) in [6.07, 6.45) is -3.77. The molecule has 0 aromatic heterocycles. The van der Waals surface area contributed by atoms with Crippen LogP contribution in [0, 0.1) is 0 Å². The minimum Gasteiger partial charge on any atom is -0.453 e. The summed E-state index contributed by atoms with van der Waals surface area (Å²) in [4.78, 5) is 33.8. The van der Waals surface area contributed by atoms with Crippen LogP contribution >= 0.6 is 0 Å². The lowest BCUT2D eigenvalue weighted by Gasteiger charge is -2.21. The lowest BCUT2D eigenvalue weighted by molar-refractivity contribution is -0.202. The quantitative estimate of drug-likeness (QED) is 0.400. The summed E-state index contributed by atoms with van der Waals surface area (Å²) >= 11 is 0. The zero-order chi connectivity index (χ0) is 17.0. The Labute approximate surface area is 132 Å². The van der Waals surface area contributed by atoms with Gasteiger partial charge in [0, 0.05) is 13.8 Å². The van der Waals surface area contributed by atoms with E-state index in [1.165, 1.54) is 19.9 Å². The molecule has 128 valence electrons. The fourth-order valence-electron chi connectivity index (χ4n) is 2.40. The molecule has 9 heteroatoms. The second kappa shape index (κ2) is 7.42. The summed E-state index contributed by atoms with van der Waals surface area (Å²) in [5.41, 5.74) is 0. The van der Waals surface area contributed by atoms with Gasteiger partial charge in [-0.25, -0.2) is 4.79 Å². The molecule has 0 aliphatic carbocycles. The van der Waals surface area contributed by atoms with Gasteiger partial charge in [0.15, 0.2) is 12.2 Å². The molecular formula is C14H18O9. The largest absolute Gasteiger partial charge is 0.509 e. The van der Waals surface area contributed by atoms with Gasteiger partial charge < -0.3 is 28.4 Å². The standard InChI is InChI=1S/C14H18O9/c1-4-5-18-14(17)22-9-6-19-11-10(9)23-13(21-8(3)16)12(11)20-7(2)15/h4,9-13H,1,5-6H2,2-3H3/t9-,10-,11+,12-,13+/m1/s1. The van der Waals surface area contributed by atoms with Crippen molar-refractivity contribution in [3.05, 3.63) is 12.7 Å². The van der Waals surface area contributed by atoms with Gasteiger partial charge in [-0.2, -0.15) is 0 Å². The van der Waals surface area contributed by atoms with Crippen molar-refractivity contribution in [2.45, 2.75) is 44.6 Å². The van der Waals surface area contributed by atoms with Crippen LogP contribution in [0.3, 0.4) is 0 Å². The van der Waals surface area contributed by atoms with Crippen LogP contribution in [0.25, 0.3) is 0 Å². The van der Waals surface area contributed by atoms with Gasteiger partial charge in [-0.1, -0.05) is 12.7 Å². The second-order valence-corrected chi connectivity index (χ2v) is 4.96. The van der Waals surface area contributed by atoms with Crippen molar-refractivity contribution in [1.82, 2.24) is 0 Å². The van der Waals surface area contributed by atoms with Crippen molar-refractivity contribution in [3.8, 4) is 0 Å². The van der Waals surface area contributed by atoms with E-state index in [0.717, 1.165) is 0 Å². The predicted molar refractivity (Wildman–Crippen MR) is 72.1 cm³/mol. The number of carbonyl (C=O) groups is 3. The van der Waals surface area contributed by atoms with Gasteiger partial charge in [-0.05, 0) is 0 Å². The third-order valence-electron chi connectivity index (χ3n) is 3.18. The van der Waals surface area contributed by atoms with Crippen molar-refractivity contribution < 1.29 is 42.8 Å². The maximum absolute atomic E-state index is 11.5. The van der Waals surface area contributed by atoms with Gasteiger partial charge >= 0.3 is 18.1 Å². The number of hydrogen-bond acceptors (Lipinski definition) is 9. The highest BCUT2D eigenvalue weighted by atomic mass is 16.8. The van der Waals surface area contributed by atoms with Gasteiger partial charge in [0.1, 0.15) is 18.8 Å². The van der Waals surface area contributed by atoms with E-state index in [4.69, 9.17) is 28.4 Å². The molecule has 2 aliphatic heterocycles. The number of hydrogen-bond donors (Lipinski definition) is 0. The summed E-state index contributed by atoms with van der Waals surface area (Å²) < 4.78 is 30.9. The summed E-state index contributed by atoms with van der Waals surface area (Å²) in [6.45, 7) is 5.88. The van der Waals surface area contributed by atoms with Crippen LogP contribution in [0.1, 0.15) is 13.8 Å². The van der Waals surface area contributed by atoms with E-state index in [-0.39, 0.29) is 13.2 Å². The monoisotopic (exact) mass is 330 g/mol. The summed E-state index contributed by atoms with van der Waals surface area (Å²) in [5, 5.41) is 0. The Hall–Kier alpha value is -2.13. The minimum absolute atomic E-state index is 0.00745. The minimum atomic E-state index is -1.12. The molecule has 0 spiro atoms. The average molecular weight is 330 g/mol. The van der Waals surface area contributed by atoms with Crippen molar-refractivity contribution >= 4 is 18.1 Å². The van der Waals surface area contributed by atoms with E-state index in [1.807, 2.05) is 0 Å². The lowest BCUT2D eigenvalue weighted by atomic mass is 10.1. The molecule has 0 N–H and O–H groups in total. The van der Waals surface area contributed by atoms with Gasteiger partial charge in [0.05, 0.1) is 6.61 Å². The van der Waals surface area contributed by atoms with Crippen LogP contribution in [-0.2, 0) is 38.0 Å². The van der Waals surface area contributed by atoms with Crippen LogP contribution in [0.5, 0.6) is 0 Å². The van der Waals surface area contributed by atoms with Crippen LogP contribution < -0.4 is 0 Å². The van der Waals surface area contributed by atoms with Crippen molar-refractivity contribution in [2.24, 2.45) is 0 Å². The Morgan fingerprint density at radius 3 is 2.43 bits per heavy atom. The molecule has 23 heavy (non-hydrogen) atoms. The van der Waals surface area contributed by atoms with Gasteiger partial charge in [0.2, 0.25) is 6.29 Å². The number of fused-ring (bicyclic) bond motifs is 1. The molecule has 2 saturated heterocycles. The SMILES string of the molecule is C=CCOC(=O)O[C@@H]1CO[C@@H]2[C@@H](OC(C)=O)[C@@H](OC(C)=O)O[C@@H]21. The highest BCUT2D eigenvalue weighted by Crippen LogP contribution is 2.35. The van der Waals surface area contributed by atoms with E-state index in [2.05, 4.69) is 6.58 Å². The number of ether oxygens (including phenoxy) is 6. The molecule has 2 heterocycles. The molecular weight excluding hydrogens is 312 g/mol. The van der Waals surface area contributed by atoms with Crippen molar-refractivity contribution in [2.75, 3.05) is 13.2 Å². The molecule has 0 bridgehead atoms. The zero-order valence-corrected chi connectivity index (χ0v) is 12.8.